The first-order valence-electron chi connectivity index (χ1n) is 7.20. The summed E-state index contributed by atoms with van der Waals surface area (Å²) in [6, 6.07) is 11.1. The molecule has 7 heteroatoms. The molecule has 0 bridgehead atoms. The van der Waals surface area contributed by atoms with Crippen molar-refractivity contribution in [3.05, 3.63) is 59.1 Å². The van der Waals surface area contributed by atoms with Crippen LogP contribution in [0.5, 0.6) is 5.75 Å². The highest BCUT2D eigenvalue weighted by atomic mass is 35.5. The third-order valence-corrected chi connectivity index (χ3v) is 3.54. The van der Waals surface area contributed by atoms with Crippen LogP contribution in [0.3, 0.4) is 0 Å². The summed E-state index contributed by atoms with van der Waals surface area (Å²) in [6.07, 6.45) is -5.02. The van der Waals surface area contributed by atoms with Gasteiger partial charge in [0.1, 0.15) is 5.75 Å². The van der Waals surface area contributed by atoms with E-state index in [1.54, 1.807) is 31.2 Å². The number of ether oxygens (including phenoxy) is 1. The molecule has 1 amide bonds. The lowest BCUT2D eigenvalue weighted by atomic mass is 10.2. The molecule has 2 aromatic carbocycles. The van der Waals surface area contributed by atoms with Crippen LogP contribution in [-0.4, -0.2) is 12.0 Å². The Hall–Kier alpha value is -2.21. The van der Waals surface area contributed by atoms with Crippen molar-refractivity contribution in [3.63, 3.8) is 0 Å². The maximum Gasteiger partial charge on any atom is 0.416 e. The highest BCUT2D eigenvalue weighted by Crippen LogP contribution is 2.31. The van der Waals surface area contributed by atoms with Gasteiger partial charge in [-0.25, -0.2) is 0 Å². The summed E-state index contributed by atoms with van der Waals surface area (Å²) in [5.74, 6) is -0.207. The molecule has 1 unspecified atom stereocenters. The number of anilines is 1. The van der Waals surface area contributed by atoms with Gasteiger partial charge in [-0.3, -0.25) is 4.79 Å². The van der Waals surface area contributed by atoms with Gasteiger partial charge in [-0.1, -0.05) is 36.7 Å². The molecule has 24 heavy (non-hydrogen) atoms. The third kappa shape index (κ3) is 4.64. The van der Waals surface area contributed by atoms with Crippen LogP contribution in [0.15, 0.2) is 48.5 Å². The Bertz CT molecular complexity index is 719. The number of alkyl halides is 3. The van der Waals surface area contributed by atoms with E-state index in [2.05, 4.69) is 5.32 Å². The molecule has 0 spiro atoms. The Balaban J connectivity index is 2.11. The second-order valence-electron chi connectivity index (χ2n) is 5.01. The maximum atomic E-state index is 12.7. The molecular weight excluding hydrogens is 343 g/mol. The third-order valence-electron chi connectivity index (χ3n) is 3.23. The second kappa shape index (κ2) is 7.57. The van der Waals surface area contributed by atoms with Crippen LogP contribution in [0.2, 0.25) is 5.02 Å². The van der Waals surface area contributed by atoms with Crippen LogP contribution in [-0.2, 0) is 11.0 Å². The Morgan fingerprint density at radius 2 is 1.92 bits per heavy atom. The van der Waals surface area contributed by atoms with E-state index in [1.807, 2.05) is 0 Å². The van der Waals surface area contributed by atoms with Crippen molar-refractivity contribution in [2.45, 2.75) is 25.6 Å². The van der Waals surface area contributed by atoms with E-state index < -0.39 is 23.8 Å². The lowest BCUT2D eigenvalue weighted by Gasteiger charge is -2.18. The molecule has 0 aliphatic carbocycles. The van der Waals surface area contributed by atoms with Gasteiger partial charge in [-0.2, -0.15) is 13.2 Å². The van der Waals surface area contributed by atoms with Gasteiger partial charge in [-0.05, 0) is 36.8 Å². The van der Waals surface area contributed by atoms with Crippen LogP contribution in [0.25, 0.3) is 0 Å². The average Bonchev–Trinajstić information content (AvgIpc) is 2.53. The molecule has 0 aliphatic rings. The summed E-state index contributed by atoms with van der Waals surface area (Å²) < 4.78 is 43.7. The monoisotopic (exact) mass is 357 g/mol. The van der Waals surface area contributed by atoms with Crippen LogP contribution in [0.4, 0.5) is 18.9 Å². The van der Waals surface area contributed by atoms with E-state index in [-0.39, 0.29) is 5.69 Å². The van der Waals surface area contributed by atoms with Crippen molar-refractivity contribution in [1.29, 1.82) is 0 Å². The number of benzene rings is 2. The summed E-state index contributed by atoms with van der Waals surface area (Å²) in [6.45, 7) is 1.73. The second-order valence-corrected chi connectivity index (χ2v) is 5.42. The van der Waals surface area contributed by atoms with Gasteiger partial charge in [0.2, 0.25) is 0 Å². The average molecular weight is 358 g/mol. The molecule has 0 fully saturated rings. The number of hydrogen-bond acceptors (Lipinski definition) is 2. The minimum atomic E-state index is -4.47. The normalized spacial score (nSPS) is 12.5. The number of hydrogen-bond donors (Lipinski definition) is 1. The molecule has 0 saturated heterocycles. The maximum absolute atomic E-state index is 12.7. The van der Waals surface area contributed by atoms with E-state index in [4.69, 9.17) is 16.3 Å². The minimum absolute atomic E-state index is 0.0519. The van der Waals surface area contributed by atoms with Gasteiger partial charge in [0.05, 0.1) is 10.6 Å². The molecule has 1 N–H and O–H groups in total. The number of nitrogens with one attached hydrogen (secondary N) is 1. The molecule has 3 nitrogen and oxygen atoms in total. The molecule has 128 valence electrons. The molecule has 0 heterocycles. The predicted molar refractivity (Wildman–Crippen MR) is 86.2 cm³/mol. The van der Waals surface area contributed by atoms with Crippen molar-refractivity contribution >= 4 is 23.2 Å². The largest absolute Gasteiger partial charge is 0.479 e. The quantitative estimate of drug-likeness (QED) is 0.803. The zero-order valence-electron chi connectivity index (χ0n) is 12.7. The van der Waals surface area contributed by atoms with Gasteiger partial charge in [-0.15, -0.1) is 0 Å². The topological polar surface area (TPSA) is 38.3 Å². The molecule has 0 radical (unpaired) electrons. The van der Waals surface area contributed by atoms with Crippen molar-refractivity contribution < 1.29 is 22.7 Å². The Morgan fingerprint density at radius 3 is 2.54 bits per heavy atom. The van der Waals surface area contributed by atoms with E-state index in [1.165, 1.54) is 12.1 Å². The Kier molecular flexibility index (Phi) is 5.72. The van der Waals surface area contributed by atoms with E-state index >= 15 is 0 Å². The first-order chi connectivity index (χ1) is 11.3. The van der Waals surface area contributed by atoms with Crippen LogP contribution < -0.4 is 10.1 Å². The fourth-order valence-electron chi connectivity index (χ4n) is 2.01. The van der Waals surface area contributed by atoms with Crippen LogP contribution >= 0.6 is 11.6 Å². The number of amides is 1. The number of halogens is 4. The smallest absolute Gasteiger partial charge is 0.416 e. The Labute approximate surface area is 142 Å². The van der Waals surface area contributed by atoms with E-state index in [9.17, 15) is 18.0 Å². The predicted octanol–water partition coefficient (Wildman–Crippen LogP) is 5.15. The van der Waals surface area contributed by atoms with Crippen molar-refractivity contribution in [2.24, 2.45) is 0 Å². The van der Waals surface area contributed by atoms with Crippen molar-refractivity contribution in [3.8, 4) is 5.75 Å². The molecule has 0 aromatic heterocycles. The zero-order valence-corrected chi connectivity index (χ0v) is 13.5. The molecule has 0 aliphatic heterocycles. The highest BCUT2D eigenvalue weighted by molar-refractivity contribution is 6.32. The minimum Gasteiger partial charge on any atom is -0.479 e. The van der Waals surface area contributed by atoms with Gasteiger partial charge < -0.3 is 10.1 Å². The fraction of sp³-hybridized carbons (Fsp3) is 0.235. The lowest BCUT2D eigenvalue weighted by Crippen LogP contribution is -2.32. The zero-order chi connectivity index (χ0) is 17.7. The summed E-state index contributed by atoms with van der Waals surface area (Å²) >= 11 is 5.98. The van der Waals surface area contributed by atoms with Gasteiger partial charge >= 0.3 is 6.18 Å². The number of carbonyl (C=O) groups is 1. The number of rotatable bonds is 5. The number of para-hydroxylation sites is 1. The highest BCUT2D eigenvalue weighted by Gasteiger charge is 2.30. The first kappa shape index (κ1) is 18.1. The SMILES string of the molecule is CCC(Oc1ccccc1Cl)C(=O)Nc1cccc(C(F)(F)F)c1. The van der Waals surface area contributed by atoms with Crippen LogP contribution in [0.1, 0.15) is 18.9 Å². The van der Waals surface area contributed by atoms with Gasteiger partial charge in [0.15, 0.2) is 6.10 Å². The Morgan fingerprint density at radius 1 is 1.21 bits per heavy atom. The summed E-state index contributed by atoms with van der Waals surface area (Å²) in [5.41, 5.74) is -0.781. The molecule has 1 atom stereocenters. The van der Waals surface area contributed by atoms with Crippen molar-refractivity contribution in [1.82, 2.24) is 0 Å². The van der Waals surface area contributed by atoms with Crippen molar-refractivity contribution in [2.75, 3.05) is 5.32 Å². The summed E-state index contributed by atoms with van der Waals surface area (Å²) in [7, 11) is 0. The molecular formula is C17H15ClF3NO2. The first-order valence-corrected chi connectivity index (χ1v) is 7.58. The number of carbonyl (C=O) groups excluding carboxylic acids is 1. The lowest BCUT2D eigenvalue weighted by molar-refractivity contribution is -0.137. The molecule has 2 rings (SSSR count). The molecule has 2 aromatic rings. The fourth-order valence-corrected chi connectivity index (χ4v) is 2.19. The van der Waals surface area contributed by atoms with E-state index in [0.29, 0.717) is 17.2 Å². The van der Waals surface area contributed by atoms with Crippen LogP contribution in [0, 0.1) is 0 Å². The van der Waals surface area contributed by atoms with E-state index in [0.717, 1.165) is 12.1 Å². The van der Waals surface area contributed by atoms with Gasteiger partial charge in [0.25, 0.3) is 5.91 Å². The van der Waals surface area contributed by atoms with Gasteiger partial charge in [0, 0.05) is 5.69 Å². The standard InChI is InChI=1S/C17H15ClF3NO2/c1-2-14(24-15-9-4-3-8-13(15)18)16(23)22-12-7-5-6-11(10-12)17(19,20)21/h3-10,14H,2H2,1H3,(H,22,23). The molecule has 0 saturated carbocycles. The summed E-state index contributed by atoms with van der Waals surface area (Å²) in [4.78, 5) is 12.3. The summed E-state index contributed by atoms with van der Waals surface area (Å²) in [5, 5.41) is 2.79.